The van der Waals surface area contributed by atoms with Gasteiger partial charge in [0, 0.05) is 12.3 Å². The van der Waals surface area contributed by atoms with E-state index >= 15 is 0 Å². The number of hydrogen-bond donors (Lipinski definition) is 2. The molecule has 0 bridgehead atoms. The SMILES string of the molecule is CC(SCc1ccccc1)C(=O)NCC(C(=O)O)c1ccccc1. The van der Waals surface area contributed by atoms with Gasteiger partial charge in [-0.15, -0.1) is 11.8 Å². The van der Waals surface area contributed by atoms with Crippen LogP contribution in [0.1, 0.15) is 24.0 Å². The molecule has 0 saturated heterocycles. The van der Waals surface area contributed by atoms with E-state index in [-0.39, 0.29) is 17.7 Å². The van der Waals surface area contributed by atoms with Crippen LogP contribution in [-0.4, -0.2) is 28.8 Å². The van der Waals surface area contributed by atoms with Crippen molar-refractivity contribution in [2.45, 2.75) is 23.8 Å². The number of aliphatic carboxylic acids is 1. The van der Waals surface area contributed by atoms with E-state index in [1.807, 2.05) is 43.3 Å². The van der Waals surface area contributed by atoms with E-state index in [4.69, 9.17) is 0 Å². The second-order valence-corrected chi connectivity index (χ2v) is 6.81. The van der Waals surface area contributed by atoms with Gasteiger partial charge < -0.3 is 10.4 Å². The molecule has 1 amide bonds. The third-order valence-electron chi connectivity index (χ3n) is 3.69. The molecule has 0 aromatic heterocycles. The van der Waals surface area contributed by atoms with Crippen LogP contribution >= 0.6 is 11.8 Å². The number of hydrogen-bond acceptors (Lipinski definition) is 3. The molecule has 0 spiro atoms. The average molecular weight is 343 g/mol. The second-order valence-electron chi connectivity index (χ2n) is 5.49. The first-order valence-electron chi connectivity index (χ1n) is 7.79. The zero-order chi connectivity index (χ0) is 17.4. The maximum absolute atomic E-state index is 12.2. The molecule has 2 unspecified atom stereocenters. The van der Waals surface area contributed by atoms with Gasteiger partial charge in [-0.2, -0.15) is 0 Å². The van der Waals surface area contributed by atoms with Gasteiger partial charge in [-0.05, 0) is 18.1 Å². The number of thioether (sulfide) groups is 1. The highest BCUT2D eigenvalue weighted by atomic mass is 32.2. The molecule has 0 saturated carbocycles. The molecule has 2 N–H and O–H groups in total. The summed E-state index contributed by atoms with van der Waals surface area (Å²) in [5, 5.41) is 11.9. The minimum absolute atomic E-state index is 0.0917. The third kappa shape index (κ3) is 5.42. The molecule has 0 aliphatic heterocycles. The molecule has 2 aromatic carbocycles. The Balaban J connectivity index is 1.85. The Kier molecular flexibility index (Phi) is 6.88. The van der Waals surface area contributed by atoms with Crippen LogP contribution in [0.4, 0.5) is 0 Å². The van der Waals surface area contributed by atoms with E-state index < -0.39 is 11.9 Å². The zero-order valence-corrected chi connectivity index (χ0v) is 14.3. The Bertz CT molecular complexity index is 661. The third-order valence-corrected chi connectivity index (χ3v) is 4.91. The van der Waals surface area contributed by atoms with Crippen molar-refractivity contribution in [1.29, 1.82) is 0 Å². The Labute approximate surface area is 146 Å². The van der Waals surface area contributed by atoms with Crippen LogP contribution < -0.4 is 5.32 Å². The Morgan fingerprint density at radius 3 is 2.21 bits per heavy atom. The second kappa shape index (κ2) is 9.13. The van der Waals surface area contributed by atoms with E-state index in [0.29, 0.717) is 5.56 Å². The lowest BCUT2D eigenvalue weighted by atomic mass is 9.99. The smallest absolute Gasteiger partial charge is 0.312 e. The first kappa shape index (κ1) is 18.1. The first-order valence-corrected chi connectivity index (χ1v) is 8.84. The van der Waals surface area contributed by atoms with Gasteiger partial charge in [0.05, 0.1) is 11.2 Å². The number of carbonyl (C=O) groups is 2. The fourth-order valence-corrected chi connectivity index (χ4v) is 3.12. The molecule has 126 valence electrons. The van der Waals surface area contributed by atoms with Gasteiger partial charge in [0.15, 0.2) is 0 Å². The van der Waals surface area contributed by atoms with Crippen molar-refractivity contribution in [3.8, 4) is 0 Å². The van der Waals surface area contributed by atoms with Gasteiger partial charge in [-0.25, -0.2) is 0 Å². The van der Waals surface area contributed by atoms with Crippen molar-refractivity contribution in [3.63, 3.8) is 0 Å². The van der Waals surface area contributed by atoms with Crippen molar-refractivity contribution in [3.05, 3.63) is 71.8 Å². The fraction of sp³-hybridized carbons (Fsp3) is 0.263. The Morgan fingerprint density at radius 1 is 1.04 bits per heavy atom. The normalized spacial score (nSPS) is 13.0. The number of carboxylic acids is 1. The van der Waals surface area contributed by atoms with E-state index in [1.54, 1.807) is 24.3 Å². The van der Waals surface area contributed by atoms with Crippen molar-refractivity contribution in [2.24, 2.45) is 0 Å². The first-order chi connectivity index (χ1) is 11.6. The van der Waals surface area contributed by atoms with Crippen molar-refractivity contribution >= 4 is 23.6 Å². The van der Waals surface area contributed by atoms with Gasteiger partial charge in [0.1, 0.15) is 0 Å². The molecule has 5 heteroatoms. The van der Waals surface area contributed by atoms with Crippen LogP contribution in [0.2, 0.25) is 0 Å². The van der Waals surface area contributed by atoms with Gasteiger partial charge in [-0.3, -0.25) is 9.59 Å². The molecule has 0 aliphatic rings. The van der Waals surface area contributed by atoms with Crippen LogP contribution in [0.25, 0.3) is 0 Å². The quantitative estimate of drug-likeness (QED) is 0.772. The highest BCUT2D eigenvalue weighted by Gasteiger charge is 2.22. The summed E-state index contributed by atoms with van der Waals surface area (Å²) < 4.78 is 0. The summed E-state index contributed by atoms with van der Waals surface area (Å²) in [6.45, 7) is 1.93. The van der Waals surface area contributed by atoms with Crippen LogP contribution in [0, 0.1) is 0 Å². The maximum atomic E-state index is 12.2. The van der Waals surface area contributed by atoms with E-state index in [1.165, 1.54) is 11.8 Å². The molecule has 0 heterocycles. The van der Waals surface area contributed by atoms with Gasteiger partial charge in [0.2, 0.25) is 5.91 Å². The molecular formula is C19H21NO3S. The molecule has 4 nitrogen and oxygen atoms in total. The number of benzene rings is 2. The number of carbonyl (C=O) groups excluding carboxylic acids is 1. The van der Waals surface area contributed by atoms with Crippen LogP contribution in [0.15, 0.2) is 60.7 Å². The summed E-state index contributed by atoms with van der Waals surface area (Å²) in [7, 11) is 0. The van der Waals surface area contributed by atoms with E-state index in [2.05, 4.69) is 5.32 Å². The molecule has 2 rings (SSSR count). The number of nitrogens with one attached hydrogen (secondary N) is 1. The number of rotatable bonds is 8. The topological polar surface area (TPSA) is 66.4 Å². The summed E-state index contributed by atoms with van der Waals surface area (Å²) >= 11 is 1.53. The lowest BCUT2D eigenvalue weighted by molar-refractivity contribution is -0.138. The van der Waals surface area contributed by atoms with Crippen molar-refractivity contribution in [2.75, 3.05) is 6.54 Å². The standard InChI is InChI=1S/C19H21NO3S/c1-14(24-13-15-8-4-2-5-9-15)18(21)20-12-17(19(22)23)16-10-6-3-7-11-16/h2-11,14,17H,12-13H2,1H3,(H,20,21)(H,22,23). The molecule has 2 aromatic rings. The van der Waals surface area contributed by atoms with E-state index in [0.717, 1.165) is 11.3 Å². The predicted octanol–water partition coefficient (Wildman–Crippen LogP) is 3.29. The molecule has 0 fully saturated rings. The fourth-order valence-electron chi connectivity index (χ4n) is 2.25. The van der Waals surface area contributed by atoms with Gasteiger partial charge in [0.25, 0.3) is 0 Å². The van der Waals surface area contributed by atoms with Crippen LogP contribution in [0.3, 0.4) is 0 Å². The molecule has 0 radical (unpaired) electrons. The summed E-state index contributed by atoms with van der Waals surface area (Å²) in [5.41, 5.74) is 1.85. The molecule has 2 atom stereocenters. The predicted molar refractivity (Wildman–Crippen MR) is 97.0 cm³/mol. The molecule has 0 aliphatic carbocycles. The van der Waals surface area contributed by atoms with Crippen molar-refractivity contribution in [1.82, 2.24) is 5.32 Å². The summed E-state index contributed by atoms with van der Waals surface area (Å²) in [6, 6.07) is 18.9. The largest absolute Gasteiger partial charge is 0.481 e. The average Bonchev–Trinajstić information content (AvgIpc) is 2.61. The lowest BCUT2D eigenvalue weighted by Crippen LogP contribution is -2.36. The van der Waals surface area contributed by atoms with Crippen molar-refractivity contribution < 1.29 is 14.7 Å². The maximum Gasteiger partial charge on any atom is 0.312 e. The summed E-state index contributed by atoms with van der Waals surface area (Å²) in [6.07, 6.45) is 0. The van der Waals surface area contributed by atoms with Gasteiger partial charge >= 0.3 is 5.97 Å². The van der Waals surface area contributed by atoms with Crippen LogP contribution in [0.5, 0.6) is 0 Å². The Hall–Kier alpha value is -2.27. The minimum atomic E-state index is -0.939. The monoisotopic (exact) mass is 343 g/mol. The van der Waals surface area contributed by atoms with Crippen LogP contribution in [-0.2, 0) is 15.3 Å². The summed E-state index contributed by atoms with van der Waals surface area (Å²) in [4.78, 5) is 23.6. The highest BCUT2D eigenvalue weighted by Crippen LogP contribution is 2.19. The number of amides is 1. The number of carboxylic acid groups (broad SMARTS) is 1. The Morgan fingerprint density at radius 2 is 1.62 bits per heavy atom. The highest BCUT2D eigenvalue weighted by molar-refractivity contribution is 7.99. The lowest BCUT2D eigenvalue weighted by Gasteiger charge is -2.16. The summed E-state index contributed by atoms with van der Waals surface area (Å²) in [5.74, 6) is -1.07. The molecular weight excluding hydrogens is 322 g/mol. The molecule has 24 heavy (non-hydrogen) atoms. The zero-order valence-electron chi connectivity index (χ0n) is 13.5. The van der Waals surface area contributed by atoms with Gasteiger partial charge in [-0.1, -0.05) is 60.7 Å². The minimum Gasteiger partial charge on any atom is -0.481 e. The van der Waals surface area contributed by atoms with E-state index in [9.17, 15) is 14.7 Å².